The van der Waals surface area contributed by atoms with Gasteiger partial charge in [-0.2, -0.15) is 0 Å². The molecule has 11 heteroatoms. The van der Waals surface area contributed by atoms with Gasteiger partial charge in [0.2, 0.25) is 11.1 Å². The van der Waals surface area contributed by atoms with Crippen molar-refractivity contribution in [3.63, 3.8) is 0 Å². The van der Waals surface area contributed by atoms with Gasteiger partial charge in [0.15, 0.2) is 17.2 Å². The lowest BCUT2D eigenvalue weighted by atomic mass is 10.1. The van der Waals surface area contributed by atoms with Gasteiger partial charge in [0.1, 0.15) is 10.7 Å². The standard InChI is InChI=1S/C21H18N4O5S2/c1-11-12(2)32-19(16(11)20(27)28-3)22-15(26)10-31-21-23-17(13-6-4-8-29-13)18(24-25-21)14-7-5-9-30-14/h4-9H,10H2,1-3H3,(H,22,26). The number of aryl methyl sites for hydroxylation is 1. The lowest BCUT2D eigenvalue weighted by Gasteiger charge is -2.07. The minimum absolute atomic E-state index is 0.0238. The van der Waals surface area contributed by atoms with Crippen molar-refractivity contribution in [3.05, 3.63) is 52.8 Å². The summed E-state index contributed by atoms with van der Waals surface area (Å²) in [6, 6.07) is 7.00. The number of rotatable bonds is 7. The molecule has 4 aromatic rings. The first-order valence-electron chi connectivity index (χ1n) is 9.41. The van der Waals surface area contributed by atoms with E-state index in [9.17, 15) is 9.59 Å². The molecule has 0 radical (unpaired) electrons. The molecular weight excluding hydrogens is 452 g/mol. The Balaban J connectivity index is 1.51. The number of furan rings is 2. The second kappa shape index (κ2) is 9.37. The molecule has 0 unspecified atom stereocenters. The zero-order valence-electron chi connectivity index (χ0n) is 17.4. The number of carbonyl (C=O) groups is 2. The minimum atomic E-state index is -0.487. The smallest absolute Gasteiger partial charge is 0.341 e. The Morgan fingerprint density at radius 3 is 2.41 bits per heavy atom. The Morgan fingerprint density at radius 2 is 1.78 bits per heavy atom. The van der Waals surface area contributed by atoms with Gasteiger partial charge in [-0.05, 0) is 43.7 Å². The molecular formula is C21H18N4O5S2. The number of aromatic nitrogens is 3. The summed E-state index contributed by atoms with van der Waals surface area (Å²) in [5.41, 5.74) is 2.05. The highest BCUT2D eigenvalue weighted by atomic mass is 32.2. The van der Waals surface area contributed by atoms with E-state index in [-0.39, 0.29) is 11.7 Å². The van der Waals surface area contributed by atoms with Crippen LogP contribution in [0.2, 0.25) is 0 Å². The predicted molar refractivity (Wildman–Crippen MR) is 120 cm³/mol. The van der Waals surface area contributed by atoms with E-state index in [4.69, 9.17) is 13.6 Å². The number of amides is 1. The van der Waals surface area contributed by atoms with Crippen LogP contribution >= 0.6 is 23.1 Å². The van der Waals surface area contributed by atoms with Crippen molar-refractivity contribution >= 4 is 40.0 Å². The van der Waals surface area contributed by atoms with Crippen LogP contribution < -0.4 is 5.32 Å². The van der Waals surface area contributed by atoms with Gasteiger partial charge in [0.05, 0.1) is 31.0 Å². The summed E-state index contributed by atoms with van der Waals surface area (Å²) in [5, 5.41) is 11.9. The van der Waals surface area contributed by atoms with Crippen LogP contribution in [0.15, 0.2) is 50.8 Å². The van der Waals surface area contributed by atoms with Crippen LogP contribution in [0.25, 0.3) is 22.9 Å². The number of hydrogen-bond acceptors (Lipinski definition) is 10. The molecule has 4 rings (SSSR count). The second-order valence-electron chi connectivity index (χ2n) is 6.56. The quantitative estimate of drug-likeness (QED) is 0.305. The van der Waals surface area contributed by atoms with Crippen LogP contribution in [-0.4, -0.2) is 39.9 Å². The van der Waals surface area contributed by atoms with Crippen LogP contribution in [-0.2, 0) is 9.53 Å². The maximum atomic E-state index is 12.5. The van der Waals surface area contributed by atoms with Gasteiger partial charge in [0.25, 0.3) is 0 Å². The molecule has 0 atom stereocenters. The molecule has 4 heterocycles. The van der Waals surface area contributed by atoms with Gasteiger partial charge in [-0.15, -0.1) is 21.5 Å². The number of nitrogens with zero attached hydrogens (tertiary/aromatic N) is 3. The average molecular weight is 471 g/mol. The number of ether oxygens (including phenoxy) is 1. The Kier molecular flexibility index (Phi) is 6.37. The van der Waals surface area contributed by atoms with E-state index in [1.54, 1.807) is 24.3 Å². The molecule has 164 valence electrons. The summed E-state index contributed by atoms with van der Waals surface area (Å²) in [7, 11) is 1.31. The third-order valence-corrected chi connectivity index (χ3v) is 6.50. The molecule has 1 amide bonds. The van der Waals surface area contributed by atoms with Crippen LogP contribution in [0, 0.1) is 13.8 Å². The zero-order valence-corrected chi connectivity index (χ0v) is 19.0. The van der Waals surface area contributed by atoms with Crippen molar-refractivity contribution < 1.29 is 23.2 Å². The Hall–Kier alpha value is -3.44. The maximum absolute atomic E-state index is 12.5. The molecule has 1 N–H and O–H groups in total. The van der Waals surface area contributed by atoms with E-state index in [1.807, 2.05) is 13.8 Å². The highest BCUT2D eigenvalue weighted by Gasteiger charge is 2.22. The Labute approximate surface area is 191 Å². The Bertz CT molecular complexity index is 1250. The molecule has 0 aliphatic carbocycles. The predicted octanol–water partition coefficient (Wildman–Crippen LogP) is 4.59. The number of methoxy groups -OCH3 is 1. The summed E-state index contributed by atoms with van der Waals surface area (Å²) < 4.78 is 15.7. The van der Waals surface area contributed by atoms with E-state index >= 15 is 0 Å². The summed E-state index contributed by atoms with van der Waals surface area (Å²) in [5.74, 6) is 0.239. The minimum Gasteiger partial charge on any atom is -0.465 e. The normalized spacial score (nSPS) is 10.8. The summed E-state index contributed by atoms with van der Waals surface area (Å²) in [6.45, 7) is 3.70. The molecule has 4 aromatic heterocycles. The molecule has 0 saturated carbocycles. The number of thiophene rings is 1. The number of thioether (sulfide) groups is 1. The first kappa shape index (κ1) is 21.8. The number of hydrogen-bond donors (Lipinski definition) is 1. The van der Waals surface area contributed by atoms with Crippen LogP contribution in [0.3, 0.4) is 0 Å². The summed E-state index contributed by atoms with van der Waals surface area (Å²) in [4.78, 5) is 30.1. The van der Waals surface area contributed by atoms with Crippen molar-refractivity contribution in [3.8, 4) is 22.9 Å². The first-order valence-corrected chi connectivity index (χ1v) is 11.2. The molecule has 0 aliphatic rings. The van der Waals surface area contributed by atoms with Gasteiger partial charge in [0, 0.05) is 4.88 Å². The molecule has 0 fully saturated rings. The topological polar surface area (TPSA) is 120 Å². The molecule has 0 spiro atoms. The third kappa shape index (κ3) is 4.43. The first-order chi connectivity index (χ1) is 15.5. The van der Waals surface area contributed by atoms with Crippen molar-refractivity contribution in [2.75, 3.05) is 18.2 Å². The van der Waals surface area contributed by atoms with Crippen molar-refractivity contribution in [2.24, 2.45) is 0 Å². The molecule has 0 aromatic carbocycles. The van der Waals surface area contributed by atoms with Crippen molar-refractivity contribution in [2.45, 2.75) is 19.0 Å². The molecule has 0 aliphatic heterocycles. The largest absolute Gasteiger partial charge is 0.465 e. The van der Waals surface area contributed by atoms with E-state index in [1.165, 1.54) is 31.0 Å². The highest BCUT2D eigenvalue weighted by molar-refractivity contribution is 7.99. The number of carbonyl (C=O) groups excluding carboxylic acids is 2. The van der Waals surface area contributed by atoms with Crippen LogP contribution in [0.5, 0.6) is 0 Å². The SMILES string of the molecule is COC(=O)c1c(NC(=O)CSc2nnc(-c3ccco3)c(-c3ccco3)n2)sc(C)c1C. The van der Waals surface area contributed by atoms with E-state index in [0.29, 0.717) is 38.6 Å². The fourth-order valence-electron chi connectivity index (χ4n) is 2.89. The molecule has 32 heavy (non-hydrogen) atoms. The molecule has 0 saturated heterocycles. The lowest BCUT2D eigenvalue weighted by molar-refractivity contribution is -0.113. The van der Waals surface area contributed by atoms with Gasteiger partial charge in [-0.3, -0.25) is 4.79 Å². The maximum Gasteiger partial charge on any atom is 0.341 e. The van der Waals surface area contributed by atoms with Crippen LogP contribution in [0.1, 0.15) is 20.8 Å². The van der Waals surface area contributed by atoms with Gasteiger partial charge in [-0.1, -0.05) is 11.8 Å². The monoisotopic (exact) mass is 470 g/mol. The lowest BCUT2D eigenvalue weighted by Crippen LogP contribution is -2.16. The second-order valence-corrected chi connectivity index (χ2v) is 8.73. The summed E-state index contributed by atoms with van der Waals surface area (Å²) >= 11 is 2.44. The Morgan fingerprint density at radius 1 is 1.09 bits per heavy atom. The average Bonchev–Trinajstić information content (AvgIpc) is 3.55. The van der Waals surface area contributed by atoms with Crippen molar-refractivity contribution in [1.82, 2.24) is 15.2 Å². The third-order valence-electron chi connectivity index (χ3n) is 4.54. The summed E-state index contributed by atoms with van der Waals surface area (Å²) in [6.07, 6.45) is 3.07. The van der Waals surface area contributed by atoms with Crippen molar-refractivity contribution in [1.29, 1.82) is 0 Å². The zero-order chi connectivity index (χ0) is 22.7. The van der Waals surface area contributed by atoms with E-state index in [2.05, 4.69) is 20.5 Å². The fraction of sp³-hybridized carbons (Fsp3) is 0.190. The fourth-order valence-corrected chi connectivity index (χ4v) is 4.54. The van der Waals surface area contributed by atoms with Gasteiger partial charge >= 0.3 is 5.97 Å². The number of nitrogens with one attached hydrogen (secondary N) is 1. The highest BCUT2D eigenvalue weighted by Crippen LogP contribution is 2.33. The number of anilines is 1. The van der Waals surface area contributed by atoms with Gasteiger partial charge in [-0.25, -0.2) is 9.78 Å². The van der Waals surface area contributed by atoms with Gasteiger partial charge < -0.3 is 18.9 Å². The number of esters is 1. The van der Waals surface area contributed by atoms with Crippen LogP contribution in [0.4, 0.5) is 5.00 Å². The molecule has 0 bridgehead atoms. The van der Waals surface area contributed by atoms with E-state index < -0.39 is 5.97 Å². The molecule has 9 nitrogen and oxygen atoms in total. The van der Waals surface area contributed by atoms with E-state index in [0.717, 1.165) is 22.2 Å².